The van der Waals surface area contributed by atoms with E-state index in [0.717, 1.165) is 27.8 Å². The number of hydrogen-bond donors (Lipinski definition) is 2. The Morgan fingerprint density at radius 1 is 1.06 bits per heavy atom. The maximum Gasteiger partial charge on any atom is 0.253 e. The Kier molecular flexibility index (Phi) is 6.77. The fourth-order valence-corrected chi connectivity index (χ4v) is 4.54. The van der Waals surface area contributed by atoms with Gasteiger partial charge in [0.1, 0.15) is 5.75 Å². The first-order valence-electron chi connectivity index (χ1n) is 11.7. The second-order valence-corrected chi connectivity index (χ2v) is 9.09. The lowest BCUT2D eigenvalue weighted by atomic mass is 10.1. The molecule has 2 heterocycles. The number of H-pyrrole nitrogens is 1. The lowest BCUT2D eigenvalue weighted by Gasteiger charge is -2.28. The number of ether oxygens (including phenoxy) is 3. The zero-order valence-corrected chi connectivity index (χ0v) is 20.9. The van der Waals surface area contributed by atoms with Crippen molar-refractivity contribution in [2.75, 3.05) is 13.9 Å². The molecule has 1 aromatic heterocycles. The van der Waals surface area contributed by atoms with Crippen molar-refractivity contribution < 1.29 is 14.2 Å². The van der Waals surface area contributed by atoms with E-state index in [1.807, 2.05) is 65.6 Å². The number of nitrogens with one attached hydrogen (secondary N) is 2. The first-order valence-corrected chi connectivity index (χ1v) is 12.1. The molecule has 1 atom stereocenters. The van der Waals surface area contributed by atoms with E-state index in [-0.39, 0.29) is 18.4 Å². The maximum absolute atomic E-state index is 13.0. The Balaban J connectivity index is 1.43. The summed E-state index contributed by atoms with van der Waals surface area (Å²) in [4.78, 5) is 18.0. The van der Waals surface area contributed by atoms with Crippen LogP contribution in [0, 0.1) is 0 Å². The van der Waals surface area contributed by atoms with Crippen LogP contribution in [-0.2, 0) is 13.1 Å². The predicted molar refractivity (Wildman–Crippen MR) is 144 cm³/mol. The van der Waals surface area contributed by atoms with Gasteiger partial charge < -0.3 is 29.4 Å². The van der Waals surface area contributed by atoms with Gasteiger partial charge >= 0.3 is 0 Å². The zero-order chi connectivity index (χ0) is 25.1. The van der Waals surface area contributed by atoms with Crippen LogP contribution in [0.1, 0.15) is 29.7 Å². The summed E-state index contributed by atoms with van der Waals surface area (Å²) in [5, 5.41) is 4.91. The Labute approximate surface area is 214 Å². The smallest absolute Gasteiger partial charge is 0.253 e. The van der Waals surface area contributed by atoms with Gasteiger partial charge in [-0.25, -0.2) is 0 Å². The third-order valence-corrected chi connectivity index (χ3v) is 6.60. The molecule has 0 fully saturated rings. The van der Waals surface area contributed by atoms with Gasteiger partial charge in [0.2, 0.25) is 6.79 Å². The molecule has 0 saturated heterocycles. The molecule has 5 rings (SSSR count). The molecule has 0 radical (unpaired) electrons. The van der Waals surface area contributed by atoms with Gasteiger partial charge in [0.05, 0.1) is 25.2 Å². The molecule has 0 aliphatic carbocycles. The average Bonchev–Trinajstić information content (AvgIpc) is 3.37. The topological polar surface area (TPSA) is 75.8 Å². The number of pyridine rings is 1. The van der Waals surface area contributed by atoms with E-state index in [0.29, 0.717) is 35.3 Å². The molecule has 7 nitrogen and oxygen atoms in total. The Morgan fingerprint density at radius 2 is 1.86 bits per heavy atom. The molecule has 1 aliphatic rings. The summed E-state index contributed by atoms with van der Waals surface area (Å²) in [6.07, 6.45) is 0. The molecule has 36 heavy (non-hydrogen) atoms. The molecule has 3 aromatic carbocycles. The van der Waals surface area contributed by atoms with Crippen LogP contribution in [0.25, 0.3) is 10.9 Å². The molecule has 0 unspecified atom stereocenters. The summed E-state index contributed by atoms with van der Waals surface area (Å²) in [5.74, 6) is 2.13. The molecule has 0 saturated carbocycles. The largest absolute Gasteiger partial charge is 0.497 e. The average molecular weight is 502 g/mol. The second-order valence-electron chi connectivity index (χ2n) is 8.70. The highest BCUT2D eigenvalue weighted by atomic mass is 32.1. The highest BCUT2D eigenvalue weighted by Gasteiger charge is 2.19. The van der Waals surface area contributed by atoms with E-state index >= 15 is 0 Å². The van der Waals surface area contributed by atoms with E-state index in [2.05, 4.69) is 29.4 Å². The summed E-state index contributed by atoms with van der Waals surface area (Å²) in [5.41, 5.74) is 3.30. The molecule has 8 heteroatoms. The molecule has 0 spiro atoms. The molecule has 2 N–H and O–H groups in total. The van der Waals surface area contributed by atoms with Crippen molar-refractivity contribution in [1.29, 1.82) is 0 Å². The van der Waals surface area contributed by atoms with Crippen LogP contribution in [0.15, 0.2) is 77.6 Å². The summed E-state index contributed by atoms with van der Waals surface area (Å²) in [7, 11) is 1.60. The third kappa shape index (κ3) is 5.13. The van der Waals surface area contributed by atoms with Crippen molar-refractivity contribution in [3.8, 4) is 17.2 Å². The number of benzene rings is 3. The summed E-state index contributed by atoms with van der Waals surface area (Å²) in [6.45, 7) is 3.11. The Morgan fingerprint density at radius 3 is 2.67 bits per heavy atom. The molecule has 0 amide bonds. The molecule has 1 aliphatic heterocycles. The van der Waals surface area contributed by atoms with Crippen molar-refractivity contribution in [2.24, 2.45) is 0 Å². The highest BCUT2D eigenvalue weighted by Crippen LogP contribution is 2.33. The lowest BCUT2D eigenvalue weighted by molar-refractivity contribution is 0.174. The minimum Gasteiger partial charge on any atom is -0.497 e. The normalized spacial score (nSPS) is 12.8. The van der Waals surface area contributed by atoms with E-state index in [1.165, 1.54) is 0 Å². The van der Waals surface area contributed by atoms with Crippen molar-refractivity contribution >= 4 is 28.2 Å². The van der Waals surface area contributed by atoms with Gasteiger partial charge in [-0.3, -0.25) is 4.79 Å². The van der Waals surface area contributed by atoms with E-state index < -0.39 is 0 Å². The Hall–Kier alpha value is -4.04. The van der Waals surface area contributed by atoms with Crippen LogP contribution in [0.3, 0.4) is 0 Å². The molecular weight excluding hydrogens is 474 g/mol. The summed E-state index contributed by atoms with van der Waals surface area (Å²) >= 11 is 5.85. The number of fused-ring (bicyclic) bond motifs is 2. The number of aromatic amines is 1. The van der Waals surface area contributed by atoms with Gasteiger partial charge in [0, 0.05) is 18.2 Å². The first kappa shape index (κ1) is 23.7. The van der Waals surface area contributed by atoms with Gasteiger partial charge in [-0.05, 0) is 66.0 Å². The quantitative estimate of drug-likeness (QED) is 0.349. The monoisotopic (exact) mass is 501 g/mol. The lowest BCUT2D eigenvalue weighted by Crippen LogP contribution is -2.41. The third-order valence-electron chi connectivity index (χ3n) is 6.23. The van der Waals surface area contributed by atoms with E-state index in [4.69, 9.17) is 26.4 Å². The zero-order valence-electron chi connectivity index (χ0n) is 20.1. The number of methoxy groups -OCH3 is 1. The van der Waals surface area contributed by atoms with Crippen LogP contribution in [-0.4, -0.2) is 28.9 Å². The predicted octanol–water partition coefficient (Wildman–Crippen LogP) is 4.90. The van der Waals surface area contributed by atoms with E-state index in [9.17, 15) is 4.79 Å². The van der Waals surface area contributed by atoms with Gasteiger partial charge in [-0.1, -0.05) is 36.4 Å². The summed E-state index contributed by atoms with van der Waals surface area (Å²) in [6, 6.07) is 23.5. The summed E-state index contributed by atoms with van der Waals surface area (Å²) < 4.78 is 16.3. The van der Waals surface area contributed by atoms with Crippen LogP contribution in [0.2, 0.25) is 0 Å². The molecular formula is C28H27N3O4S. The van der Waals surface area contributed by atoms with Crippen LogP contribution in [0.4, 0.5) is 0 Å². The number of thiocarbonyl (C=S) groups is 1. The second kappa shape index (κ2) is 10.3. The van der Waals surface area contributed by atoms with Crippen molar-refractivity contribution in [2.45, 2.75) is 26.1 Å². The number of aromatic nitrogens is 1. The maximum atomic E-state index is 13.0. The van der Waals surface area contributed by atoms with Crippen LogP contribution >= 0.6 is 12.2 Å². The minimum absolute atomic E-state index is 0.000284. The van der Waals surface area contributed by atoms with Gasteiger partial charge in [0.25, 0.3) is 5.56 Å². The van der Waals surface area contributed by atoms with Gasteiger partial charge in [-0.15, -0.1) is 0 Å². The SMILES string of the molecule is COc1ccc2cc(CN(Cc3ccc4c(c3)OCO4)C(=S)N[C@H](C)c3ccccc3)c(=O)[nH]c2c1. The first-order chi connectivity index (χ1) is 17.5. The number of hydrogen-bond acceptors (Lipinski definition) is 5. The fourth-order valence-electron chi connectivity index (χ4n) is 4.24. The van der Waals surface area contributed by atoms with E-state index in [1.54, 1.807) is 7.11 Å². The minimum atomic E-state index is -0.162. The van der Waals surface area contributed by atoms with Gasteiger partial charge in [0.15, 0.2) is 16.6 Å². The molecule has 4 aromatic rings. The van der Waals surface area contributed by atoms with Crippen molar-refractivity contribution in [1.82, 2.24) is 15.2 Å². The van der Waals surface area contributed by atoms with Gasteiger partial charge in [-0.2, -0.15) is 0 Å². The molecule has 0 bridgehead atoms. The highest BCUT2D eigenvalue weighted by molar-refractivity contribution is 7.80. The van der Waals surface area contributed by atoms with Crippen LogP contribution in [0.5, 0.6) is 17.2 Å². The van der Waals surface area contributed by atoms with Crippen molar-refractivity contribution in [3.63, 3.8) is 0 Å². The van der Waals surface area contributed by atoms with Crippen LogP contribution < -0.4 is 25.1 Å². The Bertz CT molecular complexity index is 1450. The molecule has 184 valence electrons. The standard InChI is InChI=1S/C28H27N3O4S/c1-18(20-6-4-3-5-7-20)29-28(36)31(15-19-8-11-25-26(12-19)35-17-34-25)16-22-13-21-9-10-23(33-2)14-24(21)30-27(22)32/h3-14,18H,15-17H2,1-2H3,(H,29,36)(H,30,32)/t18-/m1/s1. The number of nitrogens with zero attached hydrogens (tertiary/aromatic N) is 1. The fraction of sp³-hybridized carbons (Fsp3) is 0.214. The van der Waals surface area contributed by atoms with Crippen molar-refractivity contribution in [3.05, 3.63) is 99.8 Å². The number of rotatable bonds is 7.